The molecule has 152 valence electrons. The second kappa shape index (κ2) is 8.27. The van der Waals surface area contributed by atoms with E-state index in [1.165, 1.54) is 26.1 Å². The Hall–Kier alpha value is -2.46. The molecule has 2 rings (SSSR count). The number of alkyl halides is 3. The monoisotopic (exact) mass is 436 g/mol. The summed E-state index contributed by atoms with van der Waals surface area (Å²) < 4.78 is 71.5. The van der Waals surface area contributed by atoms with Crippen LogP contribution in [0.3, 0.4) is 0 Å². The Balaban J connectivity index is 2.26. The Kier molecular flexibility index (Phi) is 6.45. The SMILES string of the molecule is CNC(=O)[C@H](C)Oc1ccc(S(=O)(=O)Nc2ccc(Cl)cc2C(F)(F)F)cc1. The summed E-state index contributed by atoms with van der Waals surface area (Å²) >= 11 is 5.58. The number of anilines is 1. The van der Waals surface area contributed by atoms with Gasteiger partial charge in [0.25, 0.3) is 15.9 Å². The van der Waals surface area contributed by atoms with Crippen LogP contribution in [0.25, 0.3) is 0 Å². The summed E-state index contributed by atoms with van der Waals surface area (Å²) in [5.74, 6) is -0.154. The largest absolute Gasteiger partial charge is 0.481 e. The summed E-state index contributed by atoms with van der Waals surface area (Å²) in [6, 6.07) is 7.60. The van der Waals surface area contributed by atoms with Crippen molar-refractivity contribution in [2.24, 2.45) is 0 Å². The molecule has 0 aliphatic carbocycles. The summed E-state index contributed by atoms with van der Waals surface area (Å²) in [6.45, 7) is 1.50. The average molecular weight is 437 g/mol. The van der Waals surface area contributed by atoms with Crippen molar-refractivity contribution in [2.75, 3.05) is 11.8 Å². The van der Waals surface area contributed by atoms with Crippen LogP contribution >= 0.6 is 11.6 Å². The van der Waals surface area contributed by atoms with Gasteiger partial charge < -0.3 is 10.1 Å². The molecule has 0 aliphatic heterocycles. The van der Waals surface area contributed by atoms with E-state index < -0.39 is 33.6 Å². The molecule has 0 aromatic heterocycles. The first-order valence-electron chi connectivity index (χ1n) is 7.82. The number of halogens is 4. The van der Waals surface area contributed by atoms with Crippen LogP contribution in [-0.4, -0.2) is 27.5 Å². The van der Waals surface area contributed by atoms with Crippen LogP contribution in [0, 0.1) is 0 Å². The van der Waals surface area contributed by atoms with Gasteiger partial charge in [-0.05, 0) is 49.4 Å². The number of carbonyl (C=O) groups is 1. The van der Waals surface area contributed by atoms with Crippen molar-refractivity contribution >= 4 is 33.2 Å². The number of nitrogens with one attached hydrogen (secondary N) is 2. The standard InChI is InChI=1S/C17H16ClF3N2O4S/c1-10(16(24)22-2)27-12-4-6-13(7-5-12)28(25,26)23-15-8-3-11(18)9-14(15)17(19,20)21/h3-10,23H,1-2H3,(H,22,24)/t10-/m0/s1. The van der Waals surface area contributed by atoms with E-state index in [1.807, 2.05) is 4.72 Å². The number of carbonyl (C=O) groups excluding carboxylic acids is 1. The van der Waals surface area contributed by atoms with Gasteiger partial charge in [-0.25, -0.2) is 8.42 Å². The van der Waals surface area contributed by atoms with Gasteiger partial charge in [-0.3, -0.25) is 9.52 Å². The number of amides is 1. The van der Waals surface area contributed by atoms with Crippen LogP contribution in [0.2, 0.25) is 5.02 Å². The molecule has 1 atom stereocenters. The molecule has 2 aromatic rings. The Labute approximate surface area is 164 Å². The number of rotatable bonds is 6. The smallest absolute Gasteiger partial charge is 0.418 e. The van der Waals surface area contributed by atoms with Gasteiger partial charge in [-0.2, -0.15) is 13.2 Å². The molecule has 0 spiro atoms. The minimum absolute atomic E-state index is 0.179. The third-order valence-corrected chi connectivity index (χ3v) is 5.21. The number of likely N-dealkylation sites (N-methyl/N-ethyl adjacent to an activating group) is 1. The van der Waals surface area contributed by atoms with E-state index >= 15 is 0 Å². The highest BCUT2D eigenvalue weighted by Crippen LogP contribution is 2.37. The lowest BCUT2D eigenvalue weighted by atomic mass is 10.2. The summed E-state index contributed by atoms with van der Waals surface area (Å²) in [7, 11) is -2.86. The molecular formula is C17H16ClF3N2O4S. The van der Waals surface area contributed by atoms with Crippen LogP contribution in [0.15, 0.2) is 47.4 Å². The third-order valence-electron chi connectivity index (χ3n) is 3.59. The topological polar surface area (TPSA) is 84.5 Å². The molecule has 0 fully saturated rings. The number of hydrogen-bond donors (Lipinski definition) is 2. The minimum Gasteiger partial charge on any atom is -0.481 e. The lowest BCUT2D eigenvalue weighted by molar-refractivity contribution is -0.136. The number of hydrogen-bond acceptors (Lipinski definition) is 4. The normalized spacial score (nSPS) is 12.9. The second-order valence-electron chi connectivity index (χ2n) is 5.64. The highest BCUT2D eigenvalue weighted by Gasteiger charge is 2.35. The van der Waals surface area contributed by atoms with E-state index in [4.69, 9.17) is 16.3 Å². The van der Waals surface area contributed by atoms with Crippen molar-refractivity contribution in [1.29, 1.82) is 0 Å². The van der Waals surface area contributed by atoms with Crippen molar-refractivity contribution < 1.29 is 31.1 Å². The molecule has 0 heterocycles. The van der Waals surface area contributed by atoms with Gasteiger partial charge in [0.2, 0.25) is 0 Å². The third kappa shape index (κ3) is 5.29. The van der Waals surface area contributed by atoms with Gasteiger partial charge in [0.1, 0.15) is 5.75 Å². The van der Waals surface area contributed by atoms with E-state index in [-0.39, 0.29) is 21.6 Å². The van der Waals surface area contributed by atoms with E-state index in [2.05, 4.69) is 5.32 Å². The van der Waals surface area contributed by atoms with E-state index in [0.29, 0.717) is 6.07 Å². The number of benzene rings is 2. The summed E-state index contributed by atoms with van der Waals surface area (Å²) in [4.78, 5) is 11.2. The van der Waals surface area contributed by atoms with Crippen LogP contribution in [-0.2, 0) is 21.0 Å². The zero-order valence-electron chi connectivity index (χ0n) is 14.7. The maximum Gasteiger partial charge on any atom is 0.418 e. The van der Waals surface area contributed by atoms with Crippen LogP contribution in [0.1, 0.15) is 12.5 Å². The number of sulfonamides is 1. The van der Waals surface area contributed by atoms with Crippen LogP contribution < -0.4 is 14.8 Å². The first-order valence-corrected chi connectivity index (χ1v) is 9.68. The fourth-order valence-corrected chi connectivity index (χ4v) is 3.45. The van der Waals surface area contributed by atoms with Crippen LogP contribution in [0.4, 0.5) is 18.9 Å². The molecule has 11 heteroatoms. The molecule has 0 radical (unpaired) electrons. The van der Waals surface area contributed by atoms with Crippen molar-refractivity contribution in [1.82, 2.24) is 5.32 Å². The lowest BCUT2D eigenvalue weighted by Crippen LogP contribution is -2.33. The van der Waals surface area contributed by atoms with Gasteiger partial charge >= 0.3 is 6.18 Å². The fraction of sp³-hybridized carbons (Fsp3) is 0.235. The van der Waals surface area contributed by atoms with Gasteiger partial charge in [0.15, 0.2) is 6.10 Å². The predicted molar refractivity (Wildman–Crippen MR) is 97.9 cm³/mol. The van der Waals surface area contributed by atoms with Crippen molar-refractivity contribution in [3.8, 4) is 5.75 Å². The van der Waals surface area contributed by atoms with Gasteiger partial charge in [0, 0.05) is 12.1 Å². The van der Waals surface area contributed by atoms with E-state index in [1.54, 1.807) is 0 Å². The molecule has 0 saturated heterocycles. The first-order chi connectivity index (χ1) is 12.9. The van der Waals surface area contributed by atoms with Crippen molar-refractivity contribution in [3.05, 3.63) is 53.1 Å². The van der Waals surface area contributed by atoms with Gasteiger partial charge in [0.05, 0.1) is 16.1 Å². The van der Waals surface area contributed by atoms with E-state index in [9.17, 15) is 26.4 Å². The predicted octanol–water partition coefficient (Wildman–Crippen LogP) is 3.67. The molecule has 0 unspecified atom stereocenters. The molecule has 28 heavy (non-hydrogen) atoms. The Bertz CT molecular complexity index is 963. The summed E-state index contributed by atoms with van der Waals surface area (Å²) in [5, 5.41) is 2.22. The molecule has 0 aliphatic rings. The zero-order chi connectivity index (χ0) is 21.1. The van der Waals surface area contributed by atoms with Crippen LogP contribution in [0.5, 0.6) is 5.75 Å². The summed E-state index contributed by atoms with van der Waals surface area (Å²) in [6.07, 6.45) is -5.61. The molecular weight excluding hydrogens is 421 g/mol. The Morgan fingerprint density at radius 3 is 2.29 bits per heavy atom. The van der Waals surface area contributed by atoms with Crippen molar-refractivity contribution in [3.63, 3.8) is 0 Å². The molecule has 6 nitrogen and oxygen atoms in total. The Morgan fingerprint density at radius 1 is 1.14 bits per heavy atom. The Morgan fingerprint density at radius 2 is 1.75 bits per heavy atom. The maximum atomic E-state index is 13.1. The molecule has 1 amide bonds. The lowest BCUT2D eigenvalue weighted by Gasteiger charge is -2.16. The van der Waals surface area contributed by atoms with E-state index in [0.717, 1.165) is 24.3 Å². The zero-order valence-corrected chi connectivity index (χ0v) is 16.2. The first kappa shape index (κ1) is 21.8. The average Bonchev–Trinajstić information content (AvgIpc) is 2.62. The molecule has 0 bridgehead atoms. The van der Waals surface area contributed by atoms with Gasteiger partial charge in [-0.15, -0.1) is 0 Å². The maximum absolute atomic E-state index is 13.1. The minimum atomic E-state index is -4.80. The quantitative estimate of drug-likeness (QED) is 0.723. The number of ether oxygens (including phenoxy) is 1. The van der Waals surface area contributed by atoms with Crippen molar-refractivity contribution in [2.45, 2.75) is 24.1 Å². The molecule has 0 saturated carbocycles. The highest BCUT2D eigenvalue weighted by atomic mass is 35.5. The summed E-state index contributed by atoms with van der Waals surface area (Å²) in [5.41, 5.74) is -1.85. The molecule has 2 aromatic carbocycles. The van der Waals surface area contributed by atoms with Gasteiger partial charge in [-0.1, -0.05) is 11.6 Å². The second-order valence-corrected chi connectivity index (χ2v) is 7.76. The fourth-order valence-electron chi connectivity index (χ4n) is 2.20. The molecule has 2 N–H and O–H groups in total. The highest BCUT2D eigenvalue weighted by molar-refractivity contribution is 7.92.